The predicted octanol–water partition coefficient (Wildman–Crippen LogP) is 0.641. The van der Waals surface area contributed by atoms with Gasteiger partial charge in [-0.1, -0.05) is 11.8 Å². The van der Waals surface area contributed by atoms with Crippen molar-refractivity contribution in [1.29, 1.82) is 0 Å². The number of carbonyl (C=O) groups excluding carboxylic acids is 1. The Bertz CT molecular complexity index is 548. The number of likely N-dealkylation sites (N-methyl/N-ethyl adjacent to an activating group) is 1. The average molecular weight is 273 g/mol. The Balaban J connectivity index is 2.24. The normalized spacial score (nSPS) is 21.1. The monoisotopic (exact) mass is 273 g/mol. The fourth-order valence-electron chi connectivity index (χ4n) is 2.40. The van der Waals surface area contributed by atoms with Crippen LogP contribution in [0.25, 0.3) is 0 Å². The topological polar surface area (TPSA) is 68.5 Å². The van der Waals surface area contributed by atoms with Crippen LogP contribution in [0.1, 0.15) is 29.3 Å². The first-order valence-corrected chi connectivity index (χ1v) is 6.67. The Hall–Kier alpha value is -1.90. The molecule has 20 heavy (non-hydrogen) atoms. The third-order valence-electron chi connectivity index (χ3n) is 3.53. The highest BCUT2D eigenvalue weighted by Gasteiger charge is 2.31. The Morgan fingerprint density at radius 2 is 2.45 bits per heavy atom. The highest BCUT2D eigenvalue weighted by atomic mass is 16.5. The van der Waals surface area contributed by atoms with Crippen molar-refractivity contribution in [3.05, 3.63) is 29.6 Å². The fraction of sp³-hybridized carbons (Fsp3) is 0.467. The smallest absolute Gasteiger partial charge is 0.255 e. The van der Waals surface area contributed by atoms with E-state index in [0.29, 0.717) is 17.7 Å². The van der Waals surface area contributed by atoms with Gasteiger partial charge in [-0.25, -0.2) is 0 Å². The first-order valence-electron chi connectivity index (χ1n) is 6.67. The molecular formula is C15H19N3O2. The second-order valence-electron chi connectivity index (χ2n) is 4.78. The van der Waals surface area contributed by atoms with Gasteiger partial charge in [0.1, 0.15) is 0 Å². The number of pyridine rings is 1. The lowest BCUT2D eigenvalue weighted by Gasteiger charge is -2.27. The molecule has 0 radical (unpaired) electrons. The second kappa shape index (κ2) is 6.51. The first kappa shape index (κ1) is 14.5. The maximum atomic E-state index is 12.6. The molecule has 2 N–H and O–H groups in total. The molecule has 2 rings (SSSR count). The minimum Gasteiger partial charge on any atom is -0.376 e. The molecule has 1 amide bonds. The number of rotatable bonds is 2. The molecule has 0 aromatic carbocycles. The first-order chi connectivity index (χ1) is 9.65. The molecule has 5 heteroatoms. The van der Waals surface area contributed by atoms with Gasteiger partial charge in [-0.3, -0.25) is 9.78 Å². The molecule has 0 aliphatic carbocycles. The Kier molecular flexibility index (Phi) is 4.72. The summed E-state index contributed by atoms with van der Waals surface area (Å²) in [5.41, 5.74) is 6.54. The fourth-order valence-corrected chi connectivity index (χ4v) is 2.40. The molecule has 1 saturated heterocycles. The van der Waals surface area contributed by atoms with Crippen molar-refractivity contribution in [2.24, 2.45) is 5.73 Å². The number of hydrogen-bond acceptors (Lipinski definition) is 4. The SMILES string of the molecule is CC1OCCC1N(C)C(=O)c1ccncc1C#CCN. The van der Waals surface area contributed by atoms with E-state index in [0.717, 1.165) is 6.42 Å². The van der Waals surface area contributed by atoms with E-state index < -0.39 is 0 Å². The van der Waals surface area contributed by atoms with Crippen LogP contribution in [0.15, 0.2) is 18.5 Å². The summed E-state index contributed by atoms with van der Waals surface area (Å²) in [7, 11) is 1.80. The van der Waals surface area contributed by atoms with Crippen LogP contribution in [0.3, 0.4) is 0 Å². The number of ether oxygens (including phenoxy) is 1. The lowest BCUT2D eigenvalue weighted by molar-refractivity contribution is 0.0574. The zero-order chi connectivity index (χ0) is 14.5. The summed E-state index contributed by atoms with van der Waals surface area (Å²) in [5, 5.41) is 0. The molecule has 0 saturated carbocycles. The Morgan fingerprint density at radius 1 is 1.65 bits per heavy atom. The number of amides is 1. The summed E-state index contributed by atoms with van der Waals surface area (Å²) >= 11 is 0. The molecule has 0 bridgehead atoms. The third-order valence-corrected chi connectivity index (χ3v) is 3.53. The molecule has 1 aromatic heterocycles. The number of nitrogens with two attached hydrogens (primary N) is 1. The minimum atomic E-state index is -0.0592. The van der Waals surface area contributed by atoms with Crippen molar-refractivity contribution in [3.8, 4) is 11.8 Å². The van der Waals surface area contributed by atoms with E-state index in [4.69, 9.17) is 10.5 Å². The van der Waals surface area contributed by atoms with Crippen LogP contribution in [-0.4, -0.2) is 48.1 Å². The van der Waals surface area contributed by atoms with E-state index in [1.165, 1.54) is 0 Å². The van der Waals surface area contributed by atoms with E-state index in [-0.39, 0.29) is 24.6 Å². The molecule has 1 aliphatic rings. The van der Waals surface area contributed by atoms with Gasteiger partial charge in [-0.05, 0) is 19.4 Å². The third kappa shape index (κ3) is 2.98. The zero-order valence-corrected chi connectivity index (χ0v) is 11.8. The summed E-state index contributed by atoms with van der Waals surface area (Å²) in [6, 6.07) is 1.80. The van der Waals surface area contributed by atoms with Crippen LogP contribution in [0, 0.1) is 11.8 Å². The molecule has 0 spiro atoms. The molecule has 2 unspecified atom stereocenters. The molecular weight excluding hydrogens is 254 g/mol. The highest BCUT2D eigenvalue weighted by molar-refractivity contribution is 5.96. The summed E-state index contributed by atoms with van der Waals surface area (Å²) in [5.74, 6) is 5.59. The molecule has 2 atom stereocenters. The minimum absolute atomic E-state index is 0.0592. The summed E-state index contributed by atoms with van der Waals surface area (Å²) < 4.78 is 5.52. The van der Waals surface area contributed by atoms with Crippen LogP contribution >= 0.6 is 0 Å². The van der Waals surface area contributed by atoms with Crippen molar-refractivity contribution in [3.63, 3.8) is 0 Å². The molecule has 1 fully saturated rings. The van der Waals surface area contributed by atoms with Gasteiger partial charge in [0.2, 0.25) is 0 Å². The van der Waals surface area contributed by atoms with E-state index in [1.807, 2.05) is 6.92 Å². The number of hydrogen-bond donors (Lipinski definition) is 1. The van der Waals surface area contributed by atoms with Gasteiger partial charge in [0.15, 0.2) is 0 Å². The number of nitrogens with zero attached hydrogens (tertiary/aromatic N) is 2. The maximum absolute atomic E-state index is 12.6. The van der Waals surface area contributed by atoms with Crippen molar-refractivity contribution in [1.82, 2.24) is 9.88 Å². The lowest BCUT2D eigenvalue weighted by atomic mass is 10.1. The van der Waals surface area contributed by atoms with Gasteiger partial charge >= 0.3 is 0 Å². The summed E-state index contributed by atoms with van der Waals surface area (Å²) in [4.78, 5) is 18.4. The van der Waals surface area contributed by atoms with Crippen LogP contribution in [0.4, 0.5) is 0 Å². The van der Waals surface area contributed by atoms with Crippen LogP contribution in [-0.2, 0) is 4.74 Å². The Morgan fingerprint density at radius 3 is 3.10 bits per heavy atom. The lowest BCUT2D eigenvalue weighted by Crippen LogP contribution is -2.41. The van der Waals surface area contributed by atoms with Gasteiger partial charge in [-0.2, -0.15) is 0 Å². The van der Waals surface area contributed by atoms with Crippen molar-refractivity contribution >= 4 is 5.91 Å². The largest absolute Gasteiger partial charge is 0.376 e. The van der Waals surface area contributed by atoms with Crippen molar-refractivity contribution in [2.75, 3.05) is 20.2 Å². The van der Waals surface area contributed by atoms with Crippen molar-refractivity contribution in [2.45, 2.75) is 25.5 Å². The van der Waals surface area contributed by atoms with Crippen LogP contribution in [0.2, 0.25) is 0 Å². The van der Waals surface area contributed by atoms with E-state index >= 15 is 0 Å². The van der Waals surface area contributed by atoms with Gasteiger partial charge in [0.05, 0.1) is 29.8 Å². The van der Waals surface area contributed by atoms with Gasteiger partial charge in [-0.15, -0.1) is 0 Å². The molecule has 2 heterocycles. The molecule has 1 aliphatic heterocycles. The van der Waals surface area contributed by atoms with Gasteiger partial charge in [0, 0.05) is 26.0 Å². The average Bonchev–Trinajstić information content (AvgIpc) is 2.90. The highest BCUT2D eigenvalue weighted by Crippen LogP contribution is 2.20. The molecule has 5 nitrogen and oxygen atoms in total. The maximum Gasteiger partial charge on any atom is 0.255 e. The van der Waals surface area contributed by atoms with E-state index in [1.54, 1.807) is 30.4 Å². The number of aromatic nitrogens is 1. The standard InChI is InChI=1S/C15H19N3O2/c1-11-14(6-9-20-11)18(2)15(19)13-5-8-17-10-12(13)4-3-7-16/h5,8,10-11,14H,6-7,9,16H2,1-2H3. The number of carbonyl (C=O) groups is 1. The van der Waals surface area contributed by atoms with E-state index in [2.05, 4.69) is 16.8 Å². The van der Waals surface area contributed by atoms with Crippen LogP contribution in [0.5, 0.6) is 0 Å². The van der Waals surface area contributed by atoms with Gasteiger partial charge < -0.3 is 15.4 Å². The Labute approximate surface area is 119 Å². The van der Waals surface area contributed by atoms with Gasteiger partial charge in [0.25, 0.3) is 5.91 Å². The predicted molar refractivity (Wildman–Crippen MR) is 76.1 cm³/mol. The molecule has 106 valence electrons. The zero-order valence-electron chi connectivity index (χ0n) is 11.8. The molecule has 1 aromatic rings. The van der Waals surface area contributed by atoms with Crippen molar-refractivity contribution < 1.29 is 9.53 Å². The van der Waals surface area contributed by atoms with Crippen LogP contribution < -0.4 is 5.73 Å². The summed E-state index contributed by atoms with van der Waals surface area (Å²) in [6.45, 7) is 2.94. The summed E-state index contributed by atoms with van der Waals surface area (Å²) in [6.07, 6.45) is 4.12. The quantitative estimate of drug-likeness (QED) is 0.803. The van der Waals surface area contributed by atoms with E-state index in [9.17, 15) is 4.79 Å². The second-order valence-corrected chi connectivity index (χ2v) is 4.78.